The van der Waals surface area contributed by atoms with Gasteiger partial charge in [-0.1, -0.05) is 13.8 Å². The zero-order chi connectivity index (χ0) is 13.2. The van der Waals surface area contributed by atoms with Crippen LogP contribution in [0.3, 0.4) is 0 Å². The Bertz CT molecular complexity index is 436. The van der Waals surface area contributed by atoms with Crippen molar-refractivity contribution in [2.24, 2.45) is 5.41 Å². The van der Waals surface area contributed by atoms with Gasteiger partial charge in [0.25, 0.3) is 0 Å². The second-order valence-electron chi connectivity index (χ2n) is 5.53. The second-order valence-corrected chi connectivity index (χ2v) is 5.53. The van der Waals surface area contributed by atoms with Crippen molar-refractivity contribution in [1.29, 1.82) is 0 Å². The van der Waals surface area contributed by atoms with Crippen LogP contribution in [0, 0.1) is 5.41 Å². The summed E-state index contributed by atoms with van der Waals surface area (Å²) in [5.74, 6) is -0.871. The van der Waals surface area contributed by atoms with Gasteiger partial charge in [0.05, 0.1) is 0 Å². The molecule has 1 aromatic rings. The summed E-state index contributed by atoms with van der Waals surface area (Å²) in [6.45, 7) is 4.49. The summed E-state index contributed by atoms with van der Waals surface area (Å²) in [5, 5.41) is 9.02. The van der Waals surface area contributed by atoms with Crippen molar-refractivity contribution < 1.29 is 14.6 Å². The third-order valence-electron chi connectivity index (χ3n) is 3.47. The van der Waals surface area contributed by atoms with Crippen LogP contribution in [0.2, 0.25) is 0 Å². The number of aromatic nitrogens is 2. The fourth-order valence-electron chi connectivity index (χ4n) is 2.21. The maximum Gasteiger partial charge on any atom is 0.342 e. The molecule has 0 bridgehead atoms. The minimum Gasteiger partial charge on any atom is -0.477 e. The number of hydrogen-bond acceptors (Lipinski definition) is 4. The highest BCUT2D eigenvalue weighted by Gasteiger charge is 2.28. The van der Waals surface area contributed by atoms with Crippen LogP contribution in [0.5, 0.6) is 5.88 Å². The van der Waals surface area contributed by atoms with Gasteiger partial charge >= 0.3 is 5.97 Å². The Balaban J connectivity index is 2.04. The van der Waals surface area contributed by atoms with Crippen LogP contribution < -0.4 is 4.74 Å². The molecule has 2 rings (SSSR count). The fraction of sp³-hybridized carbons (Fsp3) is 0.615. The van der Waals surface area contributed by atoms with Crippen molar-refractivity contribution in [2.75, 3.05) is 0 Å². The van der Waals surface area contributed by atoms with Gasteiger partial charge in [-0.2, -0.15) is 0 Å². The summed E-state index contributed by atoms with van der Waals surface area (Å²) in [6.07, 6.45) is 6.71. The average molecular weight is 250 g/mol. The predicted molar refractivity (Wildman–Crippen MR) is 65.7 cm³/mol. The lowest BCUT2D eigenvalue weighted by Gasteiger charge is -2.34. The maximum absolute atomic E-state index is 11.0. The summed E-state index contributed by atoms with van der Waals surface area (Å²) >= 11 is 0. The predicted octanol–water partition coefficient (Wildman–Crippen LogP) is 2.52. The monoisotopic (exact) mass is 250 g/mol. The van der Waals surface area contributed by atoms with Gasteiger partial charge in [-0.05, 0) is 31.1 Å². The highest BCUT2D eigenvalue weighted by Crippen LogP contribution is 2.36. The number of carbonyl (C=O) groups is 1. The zero-order valence-corrected chi connectivity index (χ0v) is 10.7. The zero-order valence-electron chi connectivity index (χ0n) is 10.7. The lowest BCUT2D eigenvalue weighted by Crippen LogP contribution is -2.29. The summed E-state index contributed by atoms with van der Waals surface area (Å²) in [7, 11) is 0. The molecule has 18 heavy (non-hydrogen) atoms. The molecule has 1 fully saturated rings. The van der Waals surface area contributed by atoms with Gasteiger partial charge in [0.2, 0.25) is 5.88 Å². The topological polar surface area (TPSA) is 72.3 Å². The lowest BCUT2D eigenvalue weighted by molar-refractivity contribution is 0.0668. The van der Waals surface area contributed by atoms with Crippen molar-refractivity contribution in [2.45, 2.75) is 45.6 Å². The SMILES string of the molecule is CC1(C)CCC(Oc2ncncc2C(=O)O)CC1. The third-order valence-corrected chi connectivity index (χ3v) is 3.47. The molecule has 0 spiro atoms. The number of aromatic carboxylic acids is 1. The van der Waals surface area contributed by atoms with Crippen LogP contribution in [0.15, 0.2) is 12.5 Å². The first kappa shape index (κ1) is 12.8. The van der Waals surface area contributed by atoms with Gasteiger partial charge in [0.15, 0.2) is 0 Å². The van der Waals surface area contributed by atoms with Gasteiger partial charge in [0.1, 0.15) is 18.0 Å². The van der Waals surface area contributed by atoms with Crippen LogP contribution >= 0.6 is 0 Å². The molecule has 1 aliphatic carbocycles. The van der Waals surface area contributed by atoms with E-state index < -0.39 is 5.97 Å². The number of ether oxygens (including phenoxy) is 1. The van der Waals surface area contributed by atoms with Crippen molar-refractivity contribution in [3.05, 3.63) is 18.1 Å². The van der Waals surface area contributed by atoms with Gasteiger partial charge in [-0.3, -0.25) is 0 Å². The molecule has 0 unspecified atom stereocenters. The van der Waals surface area contributed by atoms with Crippen molar-refractivity contribution >= 4 is 5.97 Å². The normalized spacial score (nSPS) is 19.4. The standard InChI is InChI=1S/C13H18N2O3/c1-13(2)5-3-9(4-6-13)18-11-10(12(16)17)7-14-8-15-11/h7-9H,3-6H2,1-2H3,(H,16,17). The molecule has 0 amide bonds. The molecular weight excluding hydrogens is 232 g/mol. The van der Waals surface area contributed by atoms with E-state index in [1.165, 1.54) is 12.5 Å². The third kappa shape index (κ3) is 2.97. The van der Waals surface area contributed by atoms with E-state index in [0.717, 1.165) is 25.7 Å². The Morgan fingerprint density at radius 1 is 1.44 bits per heavy atom. The van der Waals surface area contributed by atoms with Crippen LogP contribution in [0.1, 0.15) is 49.9 Å². The summed E-state index contributed by atoms with van der Waals surface area (Å²) in [5.41, 5.74) is 0.392. The molecule has 5 nitrogen and oxygen atoms in total. The summed E-state index contributed by atoms with van der Waals surface area (Å²) in [4.78, 5) is 18.6. The Kier molecular flexibility index (Phi) is 3.50. The van der Waals surface area contributed by atoms with E-state index >= 15 is 0 Å². The van der Waals surface area contributed by atoms with E-state index in [1.54, 1.807) is 0 Å². The van der Waals surface area contributed by atoms with Crippen LogP contribution in [0.25, 0.3) is 0 Å². The Labute approximate surface area is 106 Å². The van der Waals surface area contributed by atoms with E-state index in [-0.39, 0.29) is 17.5 Å². The smallest absolute Gasteiger partial charge is 0.342 e. The molecule has 0 aliphatic heterocycles. The van der Waals surface area contributed by atoms with E-state index in [4.69, 9.17) is 9.84 Å². The highest BCUT2D eigenvalue weighted by molar-refractivity contribution is 5.89. The van der Waals surface area contributed by atoms with Crippen LogP contribution in [-0.2, 0) is 0 Å². The number of carboxylic acids is 1. The van der Waals surface area contributed by atoms with Crippen molar-refractivity contribution in [3.8, 4) is 5.88 Å². The van der Waals surface area contributed by atoms with Crippen molar-refractivity contribution in [1.82, 2.24) is 9.97 Å². The molecular formula is C13H18N2O3. The molecule has 5 heteroatoms. The van der Waals surface area contributed by atoms with Gasteiger partial charge < -0.3 is 9.84 Å². The lowest BCUT2D eigenvalue weighted by atomic mass is 9.76. The number of nitrogens with zero attached hydrogens (tertiary/aromatic N) is 2. The van der Waals surface area contributed by atoms with Gasteiger partial charge in [0, 0.05) is 6.20 Å². The van der Waals surface area contributed by atoms with Crippen molar-refractivity contribution in [3.63, 3.8) is 0 Å². The molecule has 0 aromatic carbocycles. The van der Waals surface area contributed by atoms with E-state index in [1.807, 2.05) is 0 Å². The Hall–Kier alpha value is -1.65. The van der Waals surface area contributed by atoms with E-state index in [2.05, 4.69) is 23.8 Å². The van der Waals surface area contributed by atoms with Crippen LogP contribution in [0.4, 0.5) is 0 Å². The molecule has 1 aromatic heterocycles. The maximum atomic E-state index is 11.0. The van der Waals surface area contributed by atoms with Gasteiger partial charge in [-0.15, -0.1) is 0 Å². The Morgan fingerprint density at radius 3 is 2.72 bits per heavy atom. The van der Waals surface area contributed by atoms with Gasteiger partial charge in [-0.25, -0.2) is 14.8 Å². The summed E-state index contributed by atoms with van der Waals surface area (Å²) < 4.78 is 5.71. The molecule has 0 saturated heterocycles. The first-order valence-electron chi connectivity index (χ1n) is 6.18. The highest BCUT2D eigenvalue weighted by atomic mass is 16.5. The second kappa shape index (κ2) is 4.92. The molecule has 98 valence electrons. The summed E-state index contributed by atoms with van der Waals surface area (Å²) in [6, 6.07) is 0. The minimum absolute atomic E-state index is 0.0299. The number of carboxylic acid groups (broad SMARTS) is 1. The van der Waals surface area contributed by atoms with E-state index in [0.29, 0.717) is 5.41 Å². The molecule has 1 aliphatic rings. The molecule has 1 N–H and O–H groups in total. The Morgan fingerprint density at radius 2 is 2.11 bits per heavy atom. The largest absolute Gasteiger partial charge is 0.477 e. The average Bonchev–Trinajstić information content (AvgIpc) is 2.32. The fourth-order valence-corrected chi connectivity index (χ4v) is 2.21. The number of hydrogen-bond donors (Lipinski definition) is 1. The first-order chi connectivity index (χ1) is 8.48. The van der Waals surface area contributed by atoms with E-state index in [9.17, 15) is 4.79 Å². The van der Waals surface area contributed by atoms with Crippen LogP contribution in [-0.4, -0.2) is 27.1 Å². The molecule has 1 saturated carbocycles. The molecule has 0 radical (unpaired) electrons. The molecule has 1 heterocycles. The molecule has 0 atom stereocenters. The minimum atomic E-state index is -1.05. The quantitative estimate of drug-likeness (QED) is 0.892. The first-order valence-corrected chi connectivity index (χ1v) is 6.18. The number of rotatable bonds is 3.